The molecule has 1 aliphatic rings. The summed E-state index contributed by atoms with van der Waals surface area (Å²) in [5.74, 6) is 0.0959. The van der Waals surface area contributed by atoms with Gasteiger partial charge in [-0.3, -0.25) is 0 Å². The molecule has 4 nitrogen and oxygen atoms in total. The Balaban J connectivity index is 1.85. The summed E-state index contributed by atoms with van der Waals surface area (Å²) in [7, 11) is -3.27. The molecule has 0 bridgehead atoms. The quantitative estimate of drug-likeness (QED) is 0.786. The Hall–Kier alpha value is -1.38. The van der Waals surface area contributed by atoms with Crippen LogP contribution in [-0.4, -0.2) is 27.3 Å². The molecule has 1 aromatic carbocycles. The molecule has 1 fully saturated rings. The smallest absolute Gasteiger partial charge is 0.179 e. The highest BCUT2D eigenvalue weighted by atomic mass is 32.2. The van der Waals surface area contributed by atoms with E-state index in [0.717, 1.165) is 13.0 Å². The van der Waals surface area contributed by atoms with E-state index < -0.39 is 9.84 Å². The molecule has 1 saturated carbocycles. The summed E-state index contributed by atoms with van der Waals surface area (Å²) < 4.78 is 24.4. The first-order chi connectivity index (χ1) is 10.0. The van der Waals surface area contributed by atoms with Gasteiger partial charge in [0.1, 0.15) is 0 Å². The highest BCUT2D eigenvalue weighted by molar-refractivity contribution is 7.91. The molecule has 0 atom stereocenters. The molecule has 0 saturated heterocycles. The van der Waals surface area contributed by atoms with E-state index >= 15 is 0 Å². The second-order valence-electron chi connectivity index (χ2n) is 5.84. The Labute approximate surface area is 127 Å². The minimum absolute atomic E-state index is 0.0959. The molecule has 0 aromatic heterocycles. The van der Waals surface area contributed by atoms with E-state index in [1.165, 1.54) is 31.4 Å². The number of rotatable bonds is 7. The number of hydrogen-bond acceptors (Lipinski definition) is 4. The monoisotopic (exact) mass is 306 g/mol. The lowest BCUT2D eigenvalue weighted by atomic mass is 9.67. The summed E-state index contributed by atoms with van der Waals surface area (Å²) in [6.07, 6.45) is 4.94. The van der Waals surface area contributed by atoms with Crippen molar-refractivity contribution in [2.45, 2.75) is 37.5 Å². The zero-order valence-corrected chi connectivity index (χ0v) is 13.2. The molecule has 0 amide bonds. The van der Waals surface area contributed by atoms with Gasteiger partial charge in [0.15, 0.2) is 9.84 Å². The van der Waals surface area contributed by atoms with Crippen LogP contribution in [0, 0.1) is 16.7 Å². The van der Waals surface area contributed by atoms with Gasteiger partial charge in [-0.1, -0.05) is 13.3 Å². The topological polar surface area (TPSA) is 70.0 Å². The van der Waals surface area contributed by atoms with Crippen LogP contribution in [-0.2, 0) is 9.84 Å². The Kier molecular flexibility index (Phi) is 5.02. The van der Waals surface area contributed by atoms with Crippen LogP contribution in [0.5, 0.6) is 0 Å². The summed E-state index contributed by atoms with van der Waals surface area (Å²) in [6.45, 7) is 3.59. The minimum Gasteiger partial charge on any atom is -0.315 e. The maximum Gasteiger partial charge on any atom is 0.179 e. The number of nitrogens with zero attached hydrogens (tertiary/aromatic N) is 1. The molecule has 114 valence electrons. The third-order valence-electron chi connectivity index (χ3n) is 4.55. The van der Waals surface area contributed by atoms with Crippen molar-refractivity contribution in [2.75, 3.05) is 18.8 Å². The first-order valence-electron chi connectivity index (χ1n) is 7.45. The van der Waals surface area contributed by atoms with Crippen molar-refractivity contribution in [3.63, 3.8) is 0 Å². The number of hydrogen-bond donors (Lipinski definition) is 1. The zero-order chi connectivity index (χ0) is 15.3. The standard InChI is InChI=1S/C16H22N2O2S/c1-2-16(8-3-9-16)13-18-10-11-21(19,20)15-6-4-14(12-17)5-7-15/h4-7,18H,2-3,8-11,13H2,1H3. The lowest BCUT2D eigenvalue weighted by Crippen LogP contribution is -2.40. The van der Waals surface area contributed by atoms with Gasteiger partial charge in [0.25, 0.3) is 0 Å². The van der Waals surface area contributed by atoms with Crippen molar-refractivity contribution in [3.05, 3.63) is 29.8 Å². The Morgan fingerprint density at radius 1 is 1.29 bits per heavy atom. The summed E-state index contributed by atoms with van der Waals surface area (Å²) in [5.41, 5.74) is 0.875. The van der Waals surface area contributed by atoms with Crippen molar-refractivity contribution in [2.24, 2.45) is 5.41 Å². The van der Waals surface area contributed by atoms with E-state index in [9.17, 15) is 8.42 Å². The van der Waals surface area contributed by atoms with E-state index in [2.05, 4.69) is 12.2 Å². The first-order valence-corrected chi connectivity index (χ1v) is 9.10. The predicted octanol–water partition coefficient (Wildman–Crippen LogP) is 2.50. The van der Waals surface area contributed by atoms with Gasteiger partial charge in [0.05, 0.1) is 22.3 Å². The summed E-state index contributed by atoms with van der Waals surface area (Å²) in [5, 5.41) is 12.0. The van der Waals surface area contributed by atoms with Gasteiger partial charge in [-0.05, 0) is 48.9 Å². The molecular formula is C16H22N2O2S. The molecule has 21 heavy (non-hydrogen) atoms. The fourth-order valence-electron chi connectivity index (χ4n) is 2.75. The van der Waals surface area contributed by atoms with Gasteiger partial charge < -0.3 is 5.32 Å². The van der Waals surface area contributed by atoms with Gasteiger partial charge in [0.2, 0.25) is 0 Å². The van der Waals surface area contributed by atoms with Gasteiger partial charge in [0, 0.05) is 13.1 Å². The fourth-order valence-corrected chi connectivity index (χ4v) is 3.95. The number of nitriles is 1. The number of sulfone groups is 1. The van der Waals surface area contributed by atoms with Gasteiger partial charge >= 0.3 is 0 Å². The van der Waals surface area contributed by atoms with Gasteiger partial charge in [-0.25, -0.2) is 8.42 Å². The van der Waals surface area contributed by atoms with Crippen LogP contribution < -0.4 is 5.32 Å². The second-order valence-corrected chi connectivity index (χ2v) is 7.95. The zero-order valence-electron chi connectivity index (χ0n) is 12.4. The van der Waals surface area contributed by atoms with Gasteiger partial charge in [-0.15, -0.1) is 0 Å². The SMILES string of the molecule is CCC1(CNCCS(=O)(=O)c2ccc(C#N)cc2)CCC1. The van der Waals surface area contributed by atoms with Crippen LogP contribution in [0.15, 0.2) is 29.2 Å². The molecule has 0 aliphatic heterocycles. The summed E-state index contributed by atoms with van der Waals surface area (Å²) in [6, 6.07) is 8.09. The maximum absolute atomic E-state index is 12.2. The molecular weight excluding hydrogens is 284 g/mol. The third kappa shape index (κ3) is 3.84. The Bertz CT molecular complexity index is 605. The molecule has 1 aliphatic carbocycles. The molecule has 1 aromatic rings. The van der Waals surface area contributed by atoms with Crippen molar-refractivity contribution < 1.29 is 8.42 Å². The largest absolute Gasteiger partial charge is 0.315 e. The predicted molar refractivity (Wildman–Crippen MR) is 82.7 cm³/mol. The maximum atomic E-state index is 12.2. The second kappa shape index (κ2) is 6.59. The molecule has 0 spiro atoms. The van der Waals surface area contributed by atoms with E-state index in [1.807, 2.05) is 6.07 Å². The molecule has 0 radical (unpaired) electrons. The Morgan fingerprint density at radius 2 is 1.95 bits per heavy atom. The molecule has 0 unspecified atom stereocenters. The van der Waals surface area contributed by atoms with Crippen LogP contribution in [0.2, 0.25) is 0 Å². The average Bonchev–Trinajstić information content (AvgIpc) is 2.46. The lowest BCUT2D eigenvalue weighted by Gasteiger charge is -2.41. The molecule has 2 rings (SSSR count). The third-order valence-corrected chi connectivity index (χ3v) is 6.29. The lowest BCUT2D eigenvalue weighted by molar-refractivity contribution is 0.125. The van der Waals surface area contributed by atoms with Crippen LogP contribution in [0.1, 0.15) is 38.2 Å². The number of benzene rings is 1. The van der Waals surface area contributed by atoms with Crippen molar-refractivity contribution >= 4 is 9.84 Å². The first kappa shape index (κ1) is 16.0. The van der Waals surface area contributed by atoms with E-state index in [4.69, 9.17) is 5.26 Å². The van der Waals surface area contributed by atoms with E-state index in [1.54, 1.807) is 12.1 Å². The minimum atomic E-state index is -3.27. The van der Waals surface area contributed by atoms with Crippen molar-refractivity contribution in [1.29, 1.82) is 5.26 Å². The van der Waals surface area contributed by atoms with Gasteiger partial charge in [-0.2, -0.15) is 5.26 Å². The van der Waals surface area contributed by atoms with Crippen molar-refractivity contribution in [1.82, 2.24) is 5.32 Å². The van der Waals surface area contributed by atoms with Crippen molar-refractivity contribution in [3.8, 4) is 6.07 Å². The van der Waals surface area contributed by atoms with E-state index in [-0.39, 0.29) is 10.6 Å². The van der Waals surface area contributed by atoms with Crippen LogP contribution in [0.3, 0.4) is 0 Å². The molecule has 1 N–H and O–H groups in total. The molecule has 0 heterocycles. The average molecular weight is 306 g/mol. The van der Waals surface area contributed by atoms with Crippen LogP contribution >= 0.6 is 0 Å². The normalized spacial score (nSPS) is 17.0. The van der Waals surface area contributed by atoms with Crippen LogP contribution in [0.4, 0.5) is 0 Å². The highest BCUT2D eigenvalue weighted by Crippen LogP contribution is 2.42. The Morgan fingerprint density at radius 3 is 2.43 bits per heavy atom. The van der Waals surface area contributed by atoms with E-state index in [0.29, 0.717) is 17.5 Å². The van der Waals surface area contributed by atoms with Crippen LogP contribution in [0.25, 0.3) is 0 Å². The summed E-state index contributed by atoms with van der Waals surface area (Å²) in [4.78, 5) is 0.289. The molecule has 5 heteroatoms. The fraction of sp³-hybridized carbons (Fsp3) is 0.562. The number of nitrogens with one attached hydrogen (secondary N) is 1. The summed E-state index contributed by atoms with van der Waals surface area (Å²) >= 11 is 0. The highest BCUT2D eigenvalue weighted by Gasteiger charge is 2.34.